The van der Waals surface area contributed by atoms with Crippen LogP contribution in [0.2, 0.25) is 0 Å². The first kappa shape index (κ1) is 12.7. The molecule has 0 heterocycles. The zero-order valence-electron chi connectivity index (χ0n) is 9.51. The van der Waals surface area contributed by atoms with Crippen LogP contribution >= 0.6 is 0 Å². The molecular formula is C11H24N2. The van der Waals surface area contributed by atoms with Gasteiger partial charge in [0.05, 0.1) is 0 Å². The molecule has 0 fully saturated rings. The van der Waals surface area contributed by atoms with E-state index in [0.29, 0.717) is 12.1 Å². The summed E-state index contributed by atoms with van der Waals surface area (Å²) >= 11 is 0. The van der Waals surface area contributed by atoms with Gasteiger partial charge in [-0.15, -0.1) is 6.58 Å². The number of hydrogen-bond donors (Lipinski definition) is 1. The summed E-state index contributed by atoms with van der Waals surface area (Å²) in [6, 6.07) is 1.26. The van der Waals surface area contributed by atoms with E-state index in [1.165, 1.54) is 0 Å². The smallest absolute Gasteiger partial charge is 0.0132 e. The Morgan fingerprint density at radius 2 is 1.77 bits per heavy atom. The SMILES string of the molecule is C=CCNCCN(C(C)C)C(C)C. The van der Waals surface area contributed by atoms with Crippen molar-refractivity contribution in [1.29, 1.82) is 0 Å². The first-order valence-electron chi connectivity index (χ1n) is 5.17. The Labute approximate surface area is 83.0 Å². The molecule has 78 valence electrons. The summed E-state index contributed by atoms with van der Waals surface area (Å²) in [7, 11) is 0. The van der Waals surface area contributed by atoms with Crippen molar-refractivity contribution >= 4 is 0 Å². The monoisotopic (exact) mass is 184 g/mol. The highest BCUT2D eigenvalue weighted by Gasteiger charge is 2.11. The fourth-order valence-corrected chi connectivity index (χ4v) is 1.52. The highest BCUT2D eigenvalue weighted by Crippen LogP contribution is 2.02. The number of nitrogens with one attached hydrogen (secondary N) is 1. The molecular weight excluding hydrogens is 160 g/mol. The van der Waals surface area contributed by atoms with Crippen LogP contribution in [0.4, 0.5) is 0 Å². The predicted molar refractivity (Wildman–Crippen MR) is 60.0 cm³/mol. The lowest BCUT2D eigenvalue weighted by Gasteiger charge is -2.30. The Morgan fingerprint density at radius 3 is 2.15 bits per heavy atom. The molecule has 0 radical (unpaired) electrons. The standard InChI is InChI=1S/C11H24N2/c1-6-7-12-8-9-13(10(2)3)11(4)5/h6,10-12H,1,7-9H2,2-5H3. The average Bonchev–Trinajstić information content (AvgIpc) is 2.02. The molecule has 0 rings (SSSR count). The van der Waals surface area contributed by atoms with Crippen molar-refractivity contribution in [2.24, 2.45) is 0 Å². The van der Waals surface area contributed by atoms with Crippen molar-refractivity contribution in [3.8, 4) is 0 Å². The molecule has 0 aromatic heterocycles. The topological polar surface area (TPSA) is 15.3 Å². The Balaban J connectivity index is 3.63. The van der Waals surface area contributed by atoms with Crippen LogP contribution in [-0.4, -0.2) is 36.6 Å². The van der Waals surface area contributed by atoms with E-state index in [9.17, 15) is 0 Å². The van der Waals surface area contributed by atoms with Gasteiger partial charge < -0.3 is 5.32 Å². The Hall–Kier alpha value is -0.340. The molecule has 0 spiro atoms. The van der Waals surface area contributed by atoms with Gasteiger partial charge in [-0.2, -0.15) is 0 Å². The molecule has 0 unspecified atom stereocenters. The third-order valence-corrected chi connectivity index (χ3v) is 2.16. The van der Waals surface area contributed by atoms with E-state index >= 15 is 0 Å². The normalized spacial score (nSPS) is 11.6. The molecule has 2 heteroatoms. The molecule has 0 aromatic rings. The Morgan fingerprint density at radius 1 is 1.23 bits per heavy atom. The molecule has 1 N–H and O–H groups in total. The molecule has 0 saturated carbocycles. The minimum absolute atomic E-state index is 0.630. The second kappa shape index (κ2) is 7.10. The average molecular weight is 184 g/mol. The first-order valence-corrected chi connectivity index (χ1v) is 5.17. The maximum absolute atomic E-state index is 3.67. The third-order valence-electron chi connectivity index (χ3n) is 2.16. The van der Waals surface area contributed by atoms with Gasteiger partial charge in [0.25, 0.3) is 0 Å². The van der Waals surface area contributed by atoms with Crippen LogP contribution in [-0.2, 0) is 0 Å². The molecule has 0 saturated heterocycles. The van der Waals surface area contributed by atoms with Crippen LogP contribution in [0.1, 0.15) is 27.7 Å². The molecule has 0 aliphatic rings. The summed E-state index contributed by atoms with van der Waals surface area (Å²) in [5, 5.41) is 3.32. The quantitative estimate of drug-likeness (QED) is 0.480. The lowest BCUT2D eigenvalue weighted by atomic mass is 10.2. The summed E-state index contributed by atoms with van der Waals surface area (Å²) in [6.07, 6.45) is 1.90. The summed E-state index contributed by atoms with van der Waals surface area (Å²) in [5.41, 5.74) is 0. The van der Waals surface area contributed by atoms with E-state index in [2.05, 4.69) is 44.5 Å². The summed E-state index contributed by atoms with van der Waals surface area (Å²) in [5.74, 6) is 0. The van der Waals surface area contributed by atoms with Gasteiger partial charge in [-0.3, -0.25) is 4.90 Å². The van der Waals surface area contributed by atoms with Gasteiger partial charge in [-0.05, 0) is 27.7 Å². The molecule has 0 aliphatic heterocycles. The highest BCUT2D eigenvalue weighted by molar-refractivity contribution is 4.72. The van der Waals surface area contributed by atoms with E-state index in [-0.39, 0.29) is 0 Å². The van der Waals surface area contributed by atoms with Crippen molar-refractivity contribution in [3.63, 3.8) is 0 Å². The minimum Gasteiger partial charge on any atom is -0.312 e. The van der Waals surface area contributed by atoms with Gasteiger partial charge in [0.1, 0.15) is 0 Å². The maximum atomic E-state index is 3.67. The van der Waals surface area contributed by atoms with E-state index < -0.39 is 0 Å². The number of hydrogen-bond acceptors (Lipinski definition) is 2. The van der Waals surface area contributed by atoms with Crippen molar-refractivity contribution < 1.29 is 0 Å². The second-order valence-corrected chi connectivity index (χ2v) is 3.92. The molecule has 2 nitrogen and oxygen atoms in total. The summed E-state index contributed by atoms with van der Waals surface area (Å²) in [4.78, 5) is 2.48. The van der Waals surface area contributed by atoms with Crippen LogP contribution in [0.5, 0.6) is 0 Å². The van der Waals surface area contributed by atoms with Gasteiger partial charge in [0.15, 0.2) is 0 Å². The molecule has 0 bridgehead atoms. The summed E-state index contributed by atoms with van der Waals surface area (Å²) in [6.45, 7) is 15.7. The van der Waals surface area contributed by atoms with Crippen LogP contribution in [0, 0.1) is 0 Å². The lowest BCUT2D eigenvalue weighted by molar-refractivity contribution is 0.176. The van der Waals surface area contributed by atoms with Gasteiger partial charge in [0, 0.05) is 31.7 Å². The molecule has 13 heavy (non-hydrogen) atoms. The molecule has 0 amide bonds. The van der Waals surface area contributed by atoms with E-state index in [1.54, 1.807) is 0 Å². The lowest BCUT2D eigenvalue weighted by Crippen LogP contribution is -2.41. The molecule has 0 atom stereocenters. The van der Waals surface area contributed by atoms with Crippen LogP contribution in [0.15, 0.2) is 12.7 Å². The predicted octanol–water partition coefficient (Wildman–Crippen LogP) is 1.88. The molecule has 0 aromatic carbocycles. The maximum Gasteiger partial charge on any atom is 0.0132 e. The van der Waals surface area contributed by atoms with E-state index in [0.717, 1.165) is 19.6 Å². The van der Waals surface area contributed by atoms with Gasteiger partial charge >= 0.3 is 0 Å². The van der Waals surface area contributed by atoms with Gasteiger partial charge in [0.2, 0.25) is 0 Å². The number of nitrogens with zero attached hydrogens (tertiary/aromatic N) is 1. The zero-order chi connectivity index (χ0) is 10.3. The van der Waals surface area contributed by atoms with Gasteiger partial charge in [-0.25, -0.2) is 0 Å². The van der Waals surface area contributed by atoms with Crippen LogP contribution in [0.25, 0.3) is 0 Å². The fourth-order valence-electron chi connectivity index (χ4n) is 1.52. The van der Waals surface area contributed by atoms with Crippen molar-refractivity contribution in [1.82, 2.24) is 10.2 Å². The second-order valence-electron chi connectivity index (χ2n) is 3.92. The van der Waals surface area contributed by atoms with Crippen LogP contribution < -0.4 is 5.32 Å². The van der Waals surface area contributed by atoms with E-state index in [1.807, 2.05) is 6.08 Å². The largest absolute Gasteiger partial charge is 0.312 e. The minimum atomic E-state index is 0.630. The van der Waals surface area contributed by atoms with Crippen molar-refractivity contribution in [3.05, 3.63) is 12.7 Å². The Kier molecular flexibility index (Phi) is 6.92. The highest BCUT2D eigenvalue weighted by atomic mass is 15.2. The fraction of sp³-hybridized carbons (Fsp3) is 0.818. The first-order chi connectivity index (χ1) is 6.09. The Bertz CT molecular complexity index is 122. The van der Waals surface area contributed by atoms with Gasteiger partial charge in [-0.1, -0.05) is 6.08 Å². The van der Waals surface area contributed by atoms with Crippen LogP contribution in [0.3, 0.4) is 0 Å². The third kappa shape index (κ3) is 5.83. The number of rotatable bonds is 7. The van der Waals surface area contributed by atoms with E-state index in [4.69, 9.17) is 0 Å². The van der Waals surface area contributed by atoms with Crippen molar-refractivity contribution in [2.45, 2.75) is 39.8 Å². The molecule has 0 aliphatic carbocycles. The van der Waals surface area contributed by atoms with Crippen molar-refractivity contribution in [2.75, 3.05) is 19.6 Å². The zero-order valence-corrected chi connectivity index (χ0v) is 9.51. The summed E-state index contributed by atoms with van der Waals surface area (Å²) < 4.78 is 0.